The molecule has 0 aliphatic rings. The van der Waals surface area contributed by atoms with Gasteiger partial charge in [0.1, 0.15) is 0 Å². The maximum Gasteiger partial charge on any atom is 0.0465 e. The molecular weight excluding hydrogens is 210 g/mol. The summed E-state index contributed by atoms with van der Waals surface area (Å²) in [7, 11) is 3.81. The van der Waals surface area contributed by atoms with Gasteiger partial charge in [-0.05, 0) is 30.9 Å². The Balaban J connectivity index is 2.66. The molecule has 0 saturated heterocycles. The van der Waals surface area contributed by atoms with Crippen LogP contribution in [0.25, 0.3) is 0 Å². The van der Waals surface area contributed by atoms with E-state index >= 15 is 0 Å². The van der Waals surface area contributed by atoms with Gasteiger partial charge in [0.15, 0.2) is 0 Å². The van der Waals surface area contributed by atoms with Crippen LogP contribution in [0.4, 0.5) is 0 Å². The lowest BCUT2D eigenvalue weighted by atomic mass is 9.84. The number of nitrogens with one attached hydrogen (secondary N) is 1. The summed E-state index contributed by atoms with van der Waals surface area (Å²) in [6.07, 6.45) is 1.10. The molecule has 1 N–H and O–H groups in total. The van der Waals surface area contributed by atoms with Gasteiger partial charge in [-0.25, -0.2) is 0 Å². The Bertz CT molecular complexity index is 299. The maximum atomic E-state index is 5.16. The van der Waals surface area contributed by atoms with Gasteiger partial charge in [-0.1, -0.05) is 44.2 Å². The van der Waals surface area contributed by atoms with Crippen molar-refractivity contribution >= 4 is 0 Å². The smallest absolute Gasteiger partial charge is 0.0465 e. The highest BCUT2D eigenvalue weighted by atomic mass is 16.5. The van der Waals surface area contributed by atoms with Crippen LogP contribution in [0.5, 0.6) is 0 Å². The summed E-state index contributed by atoms with van der Waals surface area (Å²) < 4.78 is 5.16. The van der Waals surface area contributed by atoms with Crippen LogP contribution in [0.3, 0.4) is 0 Å². The van der Waals surface area contributed by atoms with Gasteiger partial charge in [-0.15, -0.1) is 0 Å². The van der Waals surface area contributed by atoms with Gasteiger partial charge in [-0.2, -0.15) is 0 Å². The average Bonchev–Trinajstić information content (AvgIpc) is 2.38. The van der Waals surface area contributed by atoms with E-state index in [0.717, 1.165) is 13.0 Å². The Morgan fingerprint density at radius 2 is 1.82 bits per heavy atom. The predicted molar refractivity (Wildman–Crippen MR) is 73.4 cm³/mol. The highest BCUT2D eigenvalue weighted by molar-refractivity contribution is 5.20. The minimum Gasteiger partial charge on any atom is -0.385 e. The summed E-state index contributed by atoms with van der Waals surface area (Å²) in [5.74, 6) is 1.13. The van der Waals surface area contributed by atoms with Crippen LogP contribution in [-0.2, 0) is 4.74 Å². The number of rotatable bonds is 7. The van der Waals surface area contributed by atoms with Crippen LogP contribution < -0.4 is 5.32 Å². The second-order valence-corrected chi connectivity index (χ2v) is 4.77. The van der Waals surface area contributed by atoms with Gasteiger partial charge >= 0.3 is 0 Å². The first-order chi connectivity index (χ1) is 8.20. The first-order valence-corrected chi connectivity index (χ1v) is 6.41. The Hall–Kier alpha value is -0.860. The van der Waals surface area contributed by atoms with Gasteiger partial charge in [-0.3, -0.25) is 0 Å². The summed E-state index contributed by atoms with van der Waals surface area (Å²) in [5.41, 5.74) is 1.40. The molecule has 3 atom stereocenters. The Kier molecular flexibility index (Phi) is 6.23. The van der Waals surface area contributed by atoms with Gasteiger partial charge in [0.25, 0.3) is 0 Å². The molecule has 0 spiro atoms. The van der Waals surface area contributed by atoms with Crippen LogP contribution >= 0.6 is 0 Å². The third kappa shape index (κ3) is 4.14. The van der Waals surface area contributed by atoms with E-state index in [1.807, 2.05) is 7.05 Å². The van der Waals surface area contributed by atoms with Crippen molar-refractivity contribution in [2.45, 2.75) is 32.2 Å². The number of hydrogen-bond acceptors (Lipinski definition) is 2. The molecule has 0 amide bonds. The van der Waals surface area contributed by atoms with E-state index in [9.17, 15) is 0 Å². The number of likely N-dealkylation sites (N-methyl/N-ethyl adjacent to an activating group) is 1. The zero-order valence-corrected chi connectivity index (χ0v) is 11.4. The number of methoxy groups -OCH3 is 1. The lowest BCUT2D eigenvalue weighted by Gasteiger charge is -2.29. The first kappa shape index (κ1) is 14.2. The van der Waals surface area contributed by atoms with E-state index in [1.54, 1.807) is 7.11 Å². The summed E-state index contributed by atoms with van der Waals surface area (Å²) in [6.45, 7) is 5.42. The molecule has 1 rings (SSSR count). The van der Waals surface area contributed by atoms with E-state index in [1.165, 1.54) is 5.56 Å². The van der Waals surface area contributed by atoms with Crippen LogP contribution in [0.1, 0.15) is 31.7 Å². The monoisotopic (exact) mass is 235 g/mol. The van der Waals surface area contributed by atoms with Crippen LogP contribution in [0, 0.1) is 5.92 Å². The molecule has 0 radical (unpaired) electrons. The molecular formula is C15H25NO. The second kappa shape index (κ2) is 7.46. The molecule has 0 heterocycles. The highest BCUT2D eigenvalue weighted by Gasteiger charge is 2.22. The van der Waals surface area contributed by atoms with Gasteiger partial charge < -0.3 is 10.1 Å². The topological polar surface area (TPSA) is 21.3 Å². The van der Waals surface area contributed by atoms with Crippen molar-refractivity contribution in [3.8, 4) is 0 Å². The fourth-order valence-electron chi connectivity index (χ4n) is 2.47. The minimum atomic E-state index is 0.493. The molecule has 0 saturated carbocycles. The van der Waals surface area contributed by atoms with Crippen molar-refractivity contribution in [2.75, 3.05) is 20.8 Å². The van der Waals surface area contributed by atoms with Crippen molar-refractivity contribution in [1.82, 2.24) is 5.32 Å². The van der Waals surface area contributed by atoms with Crippen LogP contribution in [-0.4, -0.2) is 26.8 Å². The molecule has 1 aromatic rings. The van der Waals surface area contributed by atoms with E-state index < -0.39 is 0 Å². The summed E-state index contributed by atoms with van der Waals surface area (Å²) in [4.78, 5) is 0. The number of ether oxygens (including phenoxy) is 1. The average molecular weight is 235 g/mol. The van der Waals surface area contributed by atoms with Crippen molar-refractivity contribution < 1.29 is 4.74 Å². The Labute approximate surface area is 105 Å². The van der Waals surface area contributed by atoms with E-state index in [4.69, 9.17) is 4.74 Å². The van der Waals surface area contributed by atoms with E-state index in [0.29, 0.717) is 17.9 Å². The third-order valence-corrected chi connectivity index (χ3v) is 3.59. The zero-order chi connectivity index (χ0) is 12.7. The second-order valence-electron chi connectivity index (χ2n) is 4.77. The van der Waals surface area contributed by atoms with E-state index in [2.05, 4.69) is 49.5 Å². The number of benzene rings is 1. The molecule has 3 unspecified atom stereocenters. The summed E-state index contributed by atoms with van der Waals surface area (Å²) in [6, 6.07) is 11.2. The molecule has 0 fully saturated rings. The molecule has 1 aromatic carbocycles. The van der Waals surface area contributed by atoms with Gasteiger partial charge in [0.05, 0.1) is 0 Å². The number of hydrogen-bond donors (Lipinski definition) is 1. The maximum absolute atomic E-state index is 5.16. The lowest BCUT2D eigenvalue weighted by Crippen LogP contribution is -2.37. The highest BCUT2D eigenvalue weighted by Crippen LogP contribution is 2.25. The Morgan fingerprint density at radius 3 is 2.35 bits per heavy atom. The third-order valence-electron chi connectivity index (χ3n) is 3.59. The van der Waals surface area contributed by atoms with Crippen LogP contribution in [0.15, 0.2) is 30.3 Å². The predicted octanol–water partition coefficient (Wildman–Crippen LogP) is 3.05. The quantitative estimate of drug-likeness (QED) is 0.784. The first-order valence-electron chi connectivity index (χ1n) is 6.41. The SMILES string of the molecule is CNC(C(C)CCOC)C(C)c1ccccc1. The van der Waals surface area contributed by atoms with Crippen molar-refractivity contribution in [3.63, 3.8) is 0 Å². The normalized spacial score (nSPS) is 16.5. The molecule has 96 valence electrons. The van der Waals surface area contributed by atoms with Gasteiger partial charge in [0.2, 0.25) is 0 Å². The fourth-order valence-corrected chi connectivity index (χ4v) is 2.47. The lowest BCUT2D eigenvalue weighted by molar-refractivity contribution is 0.168. The summed E-state index contributed by atoms with van der Waals surface area (Å²) in [5, 5.41) is 3.45. The molecule has 2 heteroatoms. The minimum absolute atomic E-state index is 0.493. The molecule has 0 bridgehead atoms. The van der Waals surface area contributed by atoms with Gasteiger partial charge in [0, 0.05) is 19.8 Å². The molecule has 0 aliphatic heterocycles. The largest absolute Gasteiger partial charge is 0.385 e. The Morgan fingerprint density at radius 1 is 1.18 bits per heavy atom. The van der Waals surface area contributed by atoms with Crippen molar-refractivity contribution in [3.05, 3.63) is 35.9 Å². The van der Waals surface area contributed by atoms with Crippen LogP contribution in [0.2, 0.25) is 0 Å². The van der Waals surface area contributed by atoms with Crippen molar-refractivity contribution in [1.29, 1.82) is 0 Å². The molecule has 17 heavy (non-hydrogen) atoms. The standard InChI is InChI=1S/C15H25NO/c1-12(10-11-17-4)15(16-3)13(2)14-8-6-5-7-9-14/h5-9,12-13,15-16H,10-11H2,1-4H3. The molecule has 2 nitrogen and oxygen atoms in total. The zero-order valence-electron chi connectivity index (χ0n) is 11.4. The molecule has 0 aliphatic carbocycles. The van der Waals surface area contributed by atoms with Crippen molar-refractivity contribution in [2.24, 2.45) is 5.92 Å². The van der Waals surface area contributed by atoms with E-state index in [-0.39, 0.29) is 0 Å². The summed E-state index contributed by atoms with van der Waals surface area (Å²) >= 11 is 0. The molecule has 0 aromatic heterocycles. The fraction of sp³-hybridized carbons (Fsp3) is 0.600.